The van der Waals surface area contributed by atoms with Crippen LogP contribution in [0.25, 0.3) is 0 Å². The Morgan fingerprint density at radius 1 is 1.29 bits per heavy atom. The van der Waals surface area contributed by atoms with E-state index in [9.17, 15) is 4.79 Å². The Kier molecular flexibility index (Phi) is 6.45. The van der Waals surface area contributed by atoms with Crippen molar-refractivity contribution in [1.29, 1.82) is 0 Å². The zero-order valence-electron chi connectivity index (χ0n) is 10.3. The summed E-state index contributed by atoms with van der Waals surface area (Å²) in [6.07, 6.45) is 0.567. The van der Waals surface area contributed by atoms with E-state index in [1.165, 1.54) is 0 Å². The van der Waals surface area contributed by atoms with Gasteiger partial charge in [-0.25, -0.2) is 0 Å². The zero-order valence-corrected chi connectivity index (χ0v) is 11.9. The van der Waals surface area contributed by atoms with Crippen molar-refractivity contribution in [3.63, 3.8) is 0 Å². The third-order valence-corrected chi connectivity index (χ3v) is 4.04. The molecule has 0 fully saturated rings. The van der Waals surface area contributed by atoms with Gasteiger partial charge >= 0.3 is 0 Å². The molecule has 0 unspecified atom stereocenters. The summed E-state index contributed by atoms with van der Waals surface area (Å²) >= 11 is 7.67. The van der Waals surface area contributed by atoms with Crippen molar-refractivity contribution in [1.82, 2.24) is 4.90 Å². The van der Waals surface area contributed by atoms with Crippen LogP contribution in [0.5, 0.6) is 0 Å². The molecule has 94 valence electrons. The molecule has 1 aromatic rings. The lowest BCUT2D eigenvalue weighted by Gasteiger charge is -2.18. The molecular weight excluding hydrogens is 254 g/mol. The molecule has 17 heavy (non-hydrogen) atoms. The molecule has 0 spiro atoms. The maximum absolute atomic E-state index is 11.8. The minimum atomic E-state index is 0.217. The molecule has 0 N–H and O–H groups in total. The van der Waals surface area contributed by atoms with E-state index >= 15 is 0 Å². The second-order valence-corrected chi connectivity index (χ2v) is 5.14. The monoisotopic (exact) mass is 271 g/mol. The minimum Gasteiger partial charge on any atom is -0.343 e. The van der Waals surface area contributed by atoms with E-state index in [0.717, 1.165) is 28.8 Å². The predicted molar refractivity (Wildman–Crippen MR) is 74.7 cm³/mol. The van der Waals surface area contributed by atoms with Crippen LogP contribution in [-0.4, -0.2) is 29.6 Å². The molecule has 0 aliphatic heterocycles. The highest BCUT2D eigenvalue weighted by Crippen LogP contribution is 2.26. The lowest BCUT2D eigenvalue weighted by atomic mass is 10.4. The topological polar surface area (TPSA) is 20.3 Å². The van der Waals surface area contributed by atoms with Crippen LogP contribution in [-0.2, 0) is 4.79 Å². The Morgan fingerprint density at radius 3 is 2.53 bits per heavy atom. The van der Waals surface area contributed by atoms with Gasteiger partial charge in [-0.05, 0) is 26.0 Å². The van der Waals surface area contributed by atoms with Gasteiger partial charge in [0.25, 0.3) is 0 Å². The van der Waals surface area contributed by atoms with Crippen molar-refractivity contribution in [3.8, 4) is 0 Å². The highest BCUT2D eigenvalue weighted by Gasteiger charge is 2.09. The van der Waals surface area contributed by atoms with E-state index in [-0.39, 0.29) is 5.91 Å². The van der Waals surface area contributed by atoms with Crippen LogP contribution in [0.4, 0.5) is 0 Å². The molecule has 0 atom stereocenters. The summed E-state index contributed by atoms with van der Waals surface area (Å²) in [5, 5.41) is 0.757. The number of carbonyl (C=O) groups excluding carboxylic acids is 1. The number of benzene rings is 1. The number of halogens is 1. The van der Waals surface area contributed by atoms with E-state index in [1.807, 2.05) is 43.0 Å². The molecule has 0 aliphatic carbocycles. The van der Waals surface area contributed by atoms with Gasteiger partial charge in [0, 0.05) is 30.2 Å². The largest absolute Gasteiger partial charge is 0.343 e. The fourth-order valence-corrected chi connectivity index (χ4v) is 2.72. The molecule has 1 rings (SSSR count). The van der Waals surface area contributed by atoms with Crippen molar-refractivity contribution in [2.75, 3.05) is 18.8 Å². The van der Waals surface area contributed by atoms with Crippen LogP contribution < -0.4 is 0 Å². The molecule has 1 amide bonds. The standard InChI is InChI=1S/C13H18ClNOS/c1-3-15(4-2)13(16)9-10-17-12-8-6-5-7-11(12)14/h5-8H,3-4,9-10H2,1-2H3. The number of hydrogen-bond donors (Lipinski definition) is 0. The first-order valence-corrected chi connectivity index (χ1v) is 7.20. The summed E-state index contributed by atoms with van der Waals surface area (Å²) in [5.41, 5.74) is 0. The third kappa shape index (κ3) is 4.60. The van der Waals surface area contributed by atoms with Crippen LogP contribution in [0.3, 0.4) is 0 Å². The first-order chi connectivity index (χ1) is 8.19. The van der Waals surface area contributed by atoms with Crippen molar-refractivity contribution in [3.05, 3.63) is 29.3 Å². The van der Waals surface area contributed by atoms with Gasteiger partial charge in [-0.3, -0.25) is 4.79 Å². The first kappa shape index (κ1) is 14.4. The minimum absolute atomic E-state index is 0.217. The highest BCUT2D eigenvalue weighted by atomic mass is 35.5. The fraction of sp³-hybridized carbons (Fsp3) is 0.462. The van der Waals surface area contributed by atoms with Crippen molar-refractivity contribution < 1.29 is 4.79 Å². The summed E-state index contributed by atoms with van der Waals surface area (Å²) in [6, 6.07) is 7.72. The normalized spacial score (nSPS) is 10.3. The molecule has 0 radical (unpaired) electrons. The van der Waals surface area contributed by atoms with Gasteiger partial charge in [0.1, 0.15) is 0 Å². The highest BCUT2D eigenvalue weighted by molar-refractivity contribution is 7.99. The molecule has 1 aromatic carbocycles. The average Bonchev–Trinajstić information content (AvgIpc) is 2.33. The zero-order chi connectivity index (χ0) is 12.7. The Balaban J connectivity index is 2.38. The Morgan fingerprint density at radius 2 is 1.94 bits per heavy atom. The number of hydrogen-bond acceptors (Lipinski definition) is 2. The predicted octanol–water partition coefficient (Wildman–Crippen LogP) is 3.69. The van der Waals surface area contributed by atoms with E-state index in [2.05, 4.69) is 0 Å². The number of nitrogens with zero attached hydrogens (tertiary/aromatic N) is 1. The second-order valence-electron chi connectivity index (χ2n) is 3.59. The summed E-state index contributed by atoms with van der Waals surface area (Å²) in [7, 11) is 0. The molecule has 2 nitrogen and oxygen atoms in total. The molecule has 0 bridgehead atoms. The van der Waals surface area contributed by atoms with Gasteiger partial charge in [0.05, 0.1) is 5.02 Å². The Labute approximate surface area is 112 Å². The molecule has 0 aliphatic rings. The quantitative estimate of drug-likeness (QED) is 0.736. The van der Waals surface area contributed by atoms with Gasteiger partial charge < -0.3 is 4.90 Å². The molecule has 0 heterocycles. The number of carbonyl (C=O) groups is 1. The van der Waals surface area contributed by atoms with Gasteiger partial charge in [-0.1, -0.05) is 23.7 Å². The Bertz CT molecular complexity index is 366. The first-order valence-electron chi connectivity index (χ1n) is 5.84. The summed E-state index contributed by atoms with van der Waals surface area (Å²) in [5.74, 6) is 0.994. The van der Waals surface area contributed by atoms with Gasteiger partial charge in [0.15, 0.2) is 0 Å². The van der Waals surface area contributed by atoms with E-state index in [0.29, 0.717) is 6.42 Å². The number of thioether (sulfide) groups is 1. The van der Waals surface area contributed by atoms with Crippen molar-refractivity contribution >= 4 is 29.3 Å². The Hall–Kier alpha value is -0.670. The van der Waals surface area contributed by atoms with Crippen LogP contribution >= 0.6 is 23.4 Å². The van der Waals surface area contributed by atoms with Crippen molar-refractivity contribution in [2.24, 2.45) is 0 Å². The van der Waals surface area contributed by atoms with Crippen LogP contribution in [0.15, 0.2) is 29.2 Å². The molecule has 0 saturated carbocycles. The van der Waals surface area contributed by atoms with E-state index in [1.54, 1.807) is 11.8 Å². The maximum atomic E-state index is 11.8. The summed E-state index contributed by atoms with van der Waals surface area (Å²) in [4.78, 5) is 14.7. The maximum Gasteiger partial charge on any atom is 0.223 e. The van der Waals surface area contributed by atoms with Gasteiger partial charge in [-0.2, -0.15) is 0 Å². The van der Waals surface area contributed by atoms with Gasteiger partial charge in [-0.15, -0.1) is 11.8 Å². The van der Waals surface area contributed by atoms with Gasteiger partial charge in [0.2, 0.25) is 5.91 Å². The SMILES string of the molecule is CCN(CC)C(=O)CCSc1ccccc1Cl. The lowest BCUT2D eigenvalue weighted by molar-refractivity contribution is -0.130. The summed E-state index contributed by atoms with van der Waals surface area (Å²) < 4.78 is 0. The van der Waals surface area contributed by atoms with Crippen molar-refractivity contribution in [2.45, 2.75) is 25.2 Å². The number of amides is 1. The molecule has 0 saturated heterocycles. The summed E-state index contributed by atoms with van der Waals surface area (Å²) in [6.45, 7) is 5.57. The second kappa shape index (κ2) is 7.62. The van der Waals surface area contributed by atoms with E-state index in [4.69, 9.17) is 11.6 Å². The van der Waals surface area contributed by atoms with Crippen LogP contribution in [0.1, 0.15) is 20.3 Å². The molecule has 4 heteroatoms. The molecule has 0 aromatic heterocycles. The fourth-order valence-electron chi connectivity index (χ4n) is 1.54. The lowest BCUT2D eigenvalue weighted by Crippen LogP contribution is -2.30. The van der Waals surface area contributed by atoms with E-state index < -0.39 is 0 Å². The molecular formula is C13H18ClNOS. The third-order valence-electron chi connectivity index (χ3n) is 2.53. The van der Waals surface area contributed by atoms with Crippen LogP contribution in [0.2, 0.25) is 5.02 Å². The van der Waals surface area contributed by atoms with Crippen LogP contribution in [0, 0.1) is 0 Å². The number of rotatable bonds is 6. The average molecular weight is 272 g/mol. The smallest absolute Gasteiger partial charge is 0.223 e.